The molecule has 2 aliphatic heterocycles. The summed E-state index contributed by atoms with van der Waals surface area (Å²) in [6, 6.07) is 3.82. The third-order valence-corrected chi connectivity index (χ3v) is 6.68. The van der Waals surface area contributed by atoms with Crippen LogP contribution in [0, 0.1) is 5.82 Å². The lowest BCUT2D eigenvalue weighted by Crippen LogP contribution is -2.53. The van der Waals surface area contributed by atoms with Gasteiger partial charge >= 0.3 is 0 Å². The topological polar surface area (TPSA) is 66.9 Å². The highest BCUT2D eigenvalue weighted by Gasteiger charge is 2.34. The number of ether oxygens (including phenoxy) is 1. The van der Waals surface area contributed by atoms with Crippen LogP contribution in [0.3, 0.4) is 0 Å². The summed E-state index contributed by atoms with van der Waals surface area (Å²) in [5.41, 5.74) is 0. The molecule has 0 aliphatic carbocycles. The van der Waals surface area contributed by atoms with Crippen molar-refractivity contribution in [3.8, 4) is 5.75 Å². The Morgan fingerprint density at radius 3 is 2.60 bits per heavy atom. The zero-order chi connectivity index (χ0) is 18.0. The van der Waals surface area contributed by atoms with Gasteiger partial charge in [-0.05, 0) is 24.6 Å². The number of halogens is 2. The summed E-state index contributed by atoms with van der Waals surface area (Å²) < 4.78 is 41.5. The van der Waals surface area contributed by atoms with E-state index < -0.39 is 15.7 Å². The molecule has 0 N–H and O–H groups in total. The van der Waals surface area contributed by atoms with Gasteiger partial charge in [0.15, 0.2) is 16.4 Å². The molecule has 1 atom stereocenters. The number of rotatable bonds is 4. The van der Waals surface area contributed by atoms with E-state index in [0.717, 1.165) is 6.07 Å². The number of amides is 1. The zero-order valence-corrected chi connectivity index (χ0v) is 15.2. The van der Waals surface area contributed by atoms with Gasteiger partial charge < -0.3 is 9.64 Å². The molecular formula is C16H20ClFN2O4S. The lowest BCUT2D eigenvalue weighted by atomic mass is 10.2. The Kier molecular flexibility index (Phi) is 5.50. The monoisotopic (exact) mass is 390 g/mol. The molecule has 2 saturated heterocycles. The van der Waals surface area contributed by atoms with Gasteiger partial charge in [-0.25, -0.2) is 12.8 Å². The Labute approximate surface area is 151 Å². The van der Waals surface area contributed by atoms with E-state index >= 15 is 0 Å². The minimum absolute atomic E-state index is 0.0662. The Morgan fingerprint density at radius 1 is 1.28 bits per heavy atom. The van der Waals surface area contributed by atoms with E-state index in [4.69, 9.17) is 16.3 Å². The quantitative estimate of drug-likeness (QED) is 0.772. The highest BCUT2D eigenvalue weighted by Crippen LogP contribution is 2.25. The molecule has 0 spiro atoms. The molecule has 25 heavy (non-hydrogen) atoms. The van der Waals surface area contributed by atoms with Crippen LogP contribution in [-0.2, 0) is 14.6 Å². The Bertz CT molecular complexity index is 751. The summed E-state index contributed by atoms with van der Waals surface area (Å²) in [7, 11) is -2.90. The van der Waals surface area contributed by atoms with Crippen molar-refractivity contribution in [3.05, 3.63) is 29.0 Å². The molecule has 2 aliphatic rings. The first kappa shape index (κ1) is 18.4. The van der Waals surface area contributed by atoms with E-state index in [0.29, 0.717) is 32.6 Å². The van der Waals surface area contributed by atoms with Crippen LogP contribution in [0.5, 0.6) is 5.75 Å². The first-order valence-electron chi connectivity index (χ1n) is 8.14. The molecule has 9 heteroatoms. The highest BCUT2D eigenvalue weighted by atomic mass is 35.5. The number of carbonyl (C=O) groups excluding carboxylic acids is 1. The van der Waals surface area contributed by atoms with Gasteiger partial charge in [-0.1, -0.05) is 11.6 Å². The van der Waals surface area contributed by atoms with E-state index in [9.17, 15) is 17.6 Å². The first-order chi connectivity index (χ1) is 11.8. The molecule has 1 aromatic carbocycles. The van der Waals surface area contributed by atoms with Crippen LogP contribution in [0.15, 0.2) is 18.2 Å². The second-order valence-electron chi connectivity index (χ2n) is 6.34. The van der Waals surface area contributed by atoms with Crippen LogP contribution in [0.2, 0.25) is 5.02 Å². The normalized spacial score (nSPS) is 23.6. The third-order valence-electron chi connectivity index (χ3n) is 4.64. The number of hydrogen-bond acceptors (Lipinski definition) is 5. The second kappa shape index (κ2) is 7.47. The second-order valence-corrected chi connectivity index (χ2v) is 8.97. The Hall–Kier alpha value is -1.38. The molecule has 1 aromatic rings. The molecule has 1 amide bonds. The maximum Gasteiger partial charge on any atom is 0.260 e. The summed E-state index contributed by atoms with van der Waals surface area (Å²) >= 11 is 5.87. The van der Waals surface area contributed by atoms with E-state index in [1.165, 1.54) is 12.1 Å². The van der Waals surface area contributed by atoms with Crippen molar-refractivity contribution in [1.29, 1.82) is 0 Å². The lowest BCUT2D eigenvalue weighted by Gasteiger charge is -2.37. The minimum atomic E-state index is -2.90. The van der Waals surface area contributed by atoms with E-state index in [2.05, 4.69) is 4.90 Å². The Balaban J connectivity index is 1.47. The molecule has 0 bridgehead atoms. The molecule has 2 heterocycles. The number of hydrogen-bond donors (Lipinski definition) is 0. The molecule has 0 unspecified atom stereocenters. The third kappa shape index (κ3) is 4.62. The van der Waals surface area contributed by atoms with Crippen molar-refractivity contribution in [2.24, 2.45) is 0 Å². The number of benzene rings is 1. The summed E-state index contributed by atoms with van der Waals surface area (Å²) in [6.45, 7) is 2.22. The van der Waals surface area contributed by atoms with Crippen LogP contribution >= 0.6 is 11.6 Å². The zero-order valence-electron chi connectivity index (χ0n) is 13.7. The standard InChI is InChI=1S/C16H20ClFN2O4S/c17-14-9-12(18)1-2-15(14)24-10-16(21)20-6-4-19(5-7-20)13-3-8-25(22,23)11-13/h1-2,9,13H,3-8,10-11H2/t13-/m1/s1. The predicted octanol–water partition coefficient (Wildman–Crippen LogP) is 1.19. The van der Waals surface area contributed by atoms with Crippen LogP contribution in [-0.4, -0.2) is 74.5 Å². The van der Waals surface area contributed by atoms with Crippen molar-refractivity contribution in [3.63, 3.8) is 0 Å². The lowest BCUT2D eigenvalue weighted by molar-refractivity contribution is -0.135. The molecular weight excluding hydrogens is 371 g/mol. The smallest absolute Gasteiger partial charge is 0.260 e. The van der Waals surface area contributed by atoms with E-state index in [1.54, 1.807) is 4.90 Å². The van der Waals surface area contributed by atoms with E-state index in [-0.39, 0.29) is 40.8 Å². The fraction of sp³-hybridized carbons (Fsp3) is 0.562. The molecule has 3 rings (SSSR count). The van der Waals surface area contributed by atoms with Gasteiger partial charge in [0, 0.05) is 32.2 Å². The van der Waals surface area contributed by atoms with Crippen molar-refractivity contribution < 1.29 is 22.3 Å². The number of piperazine rings is 1. The minimum Gasteiger partial charge on any atom is -0.482 e. The summed E-state index contributed by atoms with van der Waals surface area (Å²) in [5, 5.41) is 0.125. The van der Waals surface area contributed by atoms with Crippen LogP contribution in [0.4, 0.5) is 4.39 Å². The van der Waals surface area contributed by atoms with Crippen molar-refractivity contribution in [2.75, 3.05) is 44.3 Å². The van der Waals surface area contributed by atoms with Crippen molar-refractivity contribution >= 4 is 27.3 Å². The summed E-state index contributed by atoms with van der Waals surface area (Å²) in [6.07, 6.45) is 0.669. The molecule has 138 valence electrons. The van der Waals surface area contributed by atoms with E-state index in [1.807, 2.05) is 0 Å². The van der Waals surface area contributed by atoms with Gasteiger partial charge in [0.1, 0.15) is 11.6 Å². The van der Waals surface area contributed by atoms with Gasteiger partial charge in [-0.15, -0.1) is 0 Å². The fourth-order valence-corrected chi connectivity index (χ4v) is 5.21. The van der Waals surface area contributed by atoms with Gasteiger partial charge in [0.25, 0.3) is 5.91 Å². The van der Waals surface area contributed by atoms with Gasteiger partial charge in [0.05, 0.1) is 16.5 Å². The fourth-order valence-electron chi connectivity index (χ4n) is 3.22. The highest BCUT2D eigenvalue weighted by molar-refractivity contribution is 7.91. The predicted molar refractivity (Wildman–Crippen MR) is 92.1 cm³/mol. The molecule has 2 fully saturated rings. The Morgan fingerprint density at radius 2 is 2.00 bits per heavy atom. The average Bonchev–Trinajstić information content (AvgIpc) is 2.94. The molecule has 6 nitrogen and oxygen atoms in total. The summed E-state index contributed by atoms with van der Waals surface area (Å²) in [5.74, 6) is 0.106. The van der Waals surface area contributed by atoms with Crippen LogP contribution < -0.4 is 4.74 Å². The first-order valence-corrected chi connectivity index (χ1v) is 10.3. The number of sulfone groups is 1. The number of nitrogens with zero attached hydrogens (tertiary/aromatic N) is 2. The van der Waals surface area contributed by atoms with Crippen LogP contribution in [0.25, 0.3) is 0 Å². The van der Waals surface area contributed by atoms with Crippen molar-refractivity contribution in [1.82, 2.24) is 9.80 Å². The van der Waals surface area contributed by atoms with Gasteiger partial charge in [0.2, 0.25) is 0 Å². The number of carbonyl (C=O) groups is 1. The average molecular weight is 391 g/mol. The van der Waals surface area contributed by atoms with Gasteiger partial charge in [-0.2, -0.15) is 0 Å². The van der Waals surface area contributed by atoms with Crippen molar-refractivity contribution in [2.45, 2.75) is 12.5 Å². The largest absolute Gasteiger partial charge is 0.482 e. The maximum absolute atomic E-state index is 13.0. The molecule has 0 aromatic heterocycles. The van der Waals surface area contributed by atoms with Gasteiger partial charge in [-0.3, -0.25) is 9.69 Å². The summed E-state index contributed by atoms with van der Waals surface area (Å²) in [4.78, 5) is 16.1. The SMILES string of the molecule is O=C(COc1ccc(F)cc1Cl)N1CCN([C@@H]2CCS(=O)(=O)C2)CC1. The molecule has 0 radical (unpaired) electrons. The molecule has 0 saturated carbocycles. The van der Waals surface area contributed by atoms with Crippen LogP contribution in [0.1, 0.15) is 6.42 Å². The maximum atomic E-state index is 13.0.